The molecule has 0 saturated carbocycles. The zero-order chi connectivity index (χ0) is 11.7. The van der Waals surface area contributed by atoms with Crippen LogP contribution in [0.3, 0.4) is 0 Å². The monoisotopic (exact) mass is 219 g/mol. The first-order valence-electron chi connectivity index (χ1n) is 5.13. The molecule has 0 aliphatic rings. The lowest BCUT2D eigenvalue weighted by atomic mass is 10.3. The Balaban J connectivity index is 3.31. The summed E-state index contributed by atoms with van der Waals surface area (Å²) in [5.41, 5.74) is 0. The Morgan fingerprint density at radius 1 is 1.47 bits per heavy atom. The quantitative estimate of drug-likeness (QED) is 0.441. The molecule has 5 heteroatoms. The van der Waals surface area contributed by atoms with Gasteiger partial charge in [0.05, 0.1) is 32.3 Å². The first kappa shape index (κ1) is 14.3. The van der Waals surface area contributed by atoms with Crippen LogP contribution < -0.4 is 5.32 Å². The Bertz CT molecular complexity index is 173. The summed E-state index contributed by atoms with van der Waals surface area (Å²) in [5.74, 6) is -0.254. The minimum atomic E-state index is -0.537. The molecule has 0 aliphatic carbocycles. The van der Waals surface area contributed by atoms with Crippen LogP contribution in [0.5, 0.6) is 0 Å². The van der Waals surface area contributed by atoms with Crippen molar-refractivity contribution in [3.8, 4) is 0 Å². The highest BCUT2D eigenvalue weighted by Gasteiger charge is 2.05. The molecule has 90 valence electrons. The van der Waals surface area contributed by atoms with Crippen molar-refractivity contribution >= 4 is 5.97 Å². The van der Waals surface area contributed by atoms with Gasteiger partial charge in [0.1, 0.15) is 0 Å². The number of esters is 1. The van der Waals surface area contributed by atoms with Gasteiger partial charge in [0.2, 0.25) is 0 Å². The lowest BCUT2D eigenvalue weighted by molar-refractivity contribution is -0.140. The van der Waals surface area contributed by atoms with Crippen molar-refractivity contribution in [2.45, 2.75) is 32.5 Å². The largest absolute Gasteiger partial charge is 0.469 e. The van der Waals surface area contributed by atoms with E-state index in [1.54, 1.807) is 0 Å². The third-order valence-corrected chi connectivity index (χ3v) is 1.74. The van der Waals surface area contributed by atoms with Gasteiger partial charge in [-0.2, -0.15) is 0 Å². The molecule has 0 heterocycles. The zero-order valence-corrected chi connectivity index (χ0v) is 9.66. The summed E-state index contributed by atoms with van der Waals surface area (Å²) < 4.78 is 9.69. The van der Waals surface area contributed by atoms with Crippen molar-refractivity contribution < 1.29 is 19.4 Å². The third kappa shape index (κ3) is 9.65. The van der Waals surface area contributed by atoms with E-state index in [1.165, 1.54) is 7.11 Å². The van der Waals surface area contributed by atoms with Gasteiger partial charge >= 0.3 is 5.97 Å². The number of ether oxygens (including phenoxy) is 2. The molecule has 0 aromatic carbocycles. The fourth-order valence-corrected chi connectivity index (χ4v) is 0.924. The number of rotatable bonds is 8. The minimum Gasteiger partial charge on any atom is -0.469 e. The second-order valence-electron chi connectivity index (χ2n) is 3.57. The molecule has 1 unspecified atom stereocenters. The molecule has 0 aliphatic heterocycles. The van der Waals surface area contributed by atoms with E-state index in [0.29, 0.717) is 26.1 Å². The molecule has 0 fully saturated rings. The number of aliphatic hydroxyl groups is 1. The van der Waals surface area contributed by atoms with E-state index in [-0.39, 0.29) is 12.1 Å². The Morgan fingerprint density at radius 3 is 2.67 bits per heavy atom. The average molecular weight is 219 g/mol. The predicted octanol–water partition coefficient (Wildman–Crippen LogP) is -0.0750. The summed E-state index contributed by atoms with van der Waals surface area (Å²) in [6.07, 6.45) is -0.103. The number of hydrogen-bond acceptors (Lipinski definition) is 5. The van der Waals surface area contributed by atoms with Gasteiger partial charge < -0.3 is 19.9 Å². The van der Waals surface area contributed by atoms with E-state index in [4.69, 9.17) is 4.74 Å². The van der Waals surface area contributed by atoms with Crippen LogP contribution >= 0.6 is 0 Å². The molecule has 0 aromatic rings. The molecule has 0 spiro atoms. The van der Waals surface area contributed by atoms with E-state index in [2.05, 4.69) is 10.1 Å². The van der Waals surface area contributed by atoms with E-state index in [0.717, 1.165) is 0 Å². The maximum absolute atomic E-state index is 10.7. The standard InChI is InChI=1S/C10H21NO4/c1-8(2)15-7-9(12)6-11-5-4-10(13)14-3/h8-9,11-12H,4-7H2,1-3H3. The van der Waals surface area contributed by atoms with Gasteiger partial charge in [-0.1, -0.05) is 0 Å². The molecule has 0 aromatic heterocycles. The van der Waals surface area contributed by atoms with Gasteiger partial charge in [-0.05, 0) is 13.8 Å². The highest BCUT2D eigenvalue weighted by Crippen LogP contribution is 1.91. The van der Waals surface area contributed by atoms with Crippen LogP contribution in [0, 0.1) is 0 Å². The highest BCUT2D eigenvalue weighted by molar-refractivity contribution is 5.69. The summed E-state index contributed by atoms with van der Waals surface area (Å²) >= 11 is 0. The second-order valence-corrected chi connectivity index (χ2v) is 3.57. The smallest absolute Gasteiger partial charge is 0.306 e. The topological polar surface area (TPSA) is 67.8 Å². The Kier molecular flexibility index (Phi) is 8.27. The van der Waals surface area contributed by atoms with E-state index < -0.39 is 6.10 Å². The maximum Gasteiger partial charge on any atom is 0.306 e. The van der Waals surface area contributed by atoms with Gasteiger partial charge in [0, 0.05) is 13.1 Å². The number of carbonyl (C=O) groups is 1. The van der Waals surface area contributed by atoms with Gasteiger partial charge in [-0.15, -0.1) is 0 Å². The van der Waals surface area contributed by atoms with E-state index >= 15 is 0 Å². The SMILES string of the molecule is COC(=O)CCNCC(O)COC(C)C. The molecule has 15 heavy (non-hydrogen) atoms. The lowest BCUT2D eigenvalue weighted by Crippen LogP contribution is -2.32. The van der Waals surface area contributed by atoms with Crippen molar-refractivity contribution in [2.75, 3.05) is 26.8 Å². The molecule has 0 rings (SSSR count). The van der Waals surface area contributed by atoms with Gasteiger partial charge in [0.15, 0.2) is 0 Å². The molecular weight excluding hydrogens is 198 g/mol. The van der Waals surface area contributed by atoms with Crippen LogP contribution in [0.1, 0.15) is 20.3 Å². The Morgan fingerprint density at radius 2 is 2.13 bits per heavy atom. The summed E-state index contributed by atoms with van der Waals surface area (Å²) in [5, 5.41) is 12.4. The van der Waals surface area contributed by atoms with Crippen molar-refractivity contribution in [3.05, 3.63) is 0 Å². The van der Waals surface area contributed by atoms with Crippen molar-refractivity contribution in [2.24, 2.45) is 0 Å². The predicted molar refractivity (Wildman–Crippen MR) is 56.6 cm³/mol. The number of methoxy groups -OCH3 is 1. The zero-order valence-electron chi connectivity index (χ0n) is 9.66. The highest BCUT2D eigenvalue weighted by atomic mass is 16.5. The van der Waals surface area contributed by atoms with Gasteiger partial charge in [-0.3, -0.25) is 4.79 Å². The van der Waals surface area contributed by atoms with E-state index in [1.807, 2.05) is 13.8 Å². The summed E-state index contributed by atoms with van der Waals surface area (Å²) in [7, 11) is 1.35. The average Bonchev–Trinajstić information content (AvgIpc) is 2.21. The Labute approximate surface area is 90.8 Å². The van der Waals surface area contributed by atoms with Gasteiger partial charge in [-0.25, -0.2) is 0 Å². The third-order valence-electron chi connectivity index (χ3n) is 1.74. The number of carbonyl (C=O) groups excluding carboxylic acids is 1. The first-order valence-corrected chi connectivity index (χ1v) is 5.13. The van der Waals surface area contributed by atoms with Crippen LogP contribution in [-0.4, -0.2) is 50.1 Å². The van der Waals surface area contributed by atoms with Gasteiger partial charge in [0.25, 0.3) is 0 Å². The second kappa shape index (κ2) is 8.64. The van der Waals surface area contributed by atoms with Crippen LogP contribution in [0.2, 0.25) is 0 Å². The van der Waals surface area contributed by atoms with Crippen molar-refractivity contribution in [1.82, 2.24) is 5.32 Å². The maximum atomic E-state index is 10.7. The first-order chi connectivity index (χ1) is 7.06. The fourth-order valence-electron chi connectivity index (χ4n) is 0.924. The Hall–Kier alpha value is -0.650. The molecule has 0 bridgehead atoms. The number of hydrogen-bond donors (Lipinski definition) is 2. The van der Waals surface area contributed by atoms with Crippen molar-refractivity contribution in [3.63, 3.8) is 0 Å². The molecule has 5 nitrogen and oxygen atoms in total. The minimum absolute atomic E-state index is 0.120. The van der Waals surface area contributed by atoms with Crippen LogP contribution in [-0.2, 0) is 14.3 Å². The lowest BCUT2D eigenvalue weighted by Gasteiger charge is -2.13. The molecule has 0 saturated heterocycles. The molecular formula is C10H21NO4. The normalized spacial score (nSPS) is 12.9. The number of aliphatic hydroxyl groups excluding tert-OH is 1. The summed E-state index contributed by atoms with van der Waals surface area (Å²) in [4.78, 5) is 10.7. The number of nitrogens with one attached hydrogen (secondary N) is 1. The van der Waals surface area contributed by atoms with Crippen LogP contribution in [0.4, 0.5) is 0 Å². The van der Waals surface area contributed by atoms with Crippen molar-refractivity contribution in [1.29, 1.82) is 0 Å². The molecule has 0 radical (unpaired) electrons. The molecule has 0 amide bonds. The molecule has 2 N–H and O–H groups in total. The summed E-state index contributed by atoms with van der Waals surface area (Å²) in [6.45, 7) is 5.06. The molecule has 1 atom stereocenters. The summed E-state index contributed by atoms with van der Waals surface area (Å²) in [6, 6.07) is 0. The fraction of sp³-hybridized carbons (Fsp3) is 0.900. The van der Waals surface area contributed by atoms with Crippen LogP contribution in [0.25, 0.3) is 0 Å². The van der Waals surface area contributed by atoms with E-state index in [9.17, 15) is 9.90 Å². The van der Waals surface area contributed by atoms with Crippen LogP contribution in [0.15, 0.2) is 0 Å².